The molecule has 0 amide bonds. The van der Waals surface area contributed by atoms with Gasteiger partial charge in [0.25, 0.3) is 0 Å². The Morgan fingerprint density at radius 3 is 2.40 bits per heavy atom. The second-order valence-corrected chi connectivity index (χ2v) is 5.86. The first-order valence-corrected chi connectivity index (χ1v) is 8.12. The van der Waals surface area contributed by atoms with E-state index in [2.05, 4.69) is 82.8 Å². The van der Waals surface area contributed by atoms with Gasteiger partial charge in [-0.05, 0) is 43.0 Å². The Bertz CT molecular complexity index is 510. The fraction of sp³-hybridized carbons (Fsp3) is 0.333. The van der Waals surface area contributed by atoms with E-state index in [0.29, 0.717) is 6.04 Å². The van der Waals surface area contributed by atoms with Crippen molar-refractivity contribution in [2.75, 3.05) is 6.54 Å². The molecule has 2 rings (SSSR count). The number of hydrogen-bond acceptors (Lipinski definition) is 1. The average molecular weight is 332 g/mol. The summed E-state index contributed by atoms with van der Waals surface area (Å²) < 4.78 is 1.22. The molecule has 2 aromatic carbocycles. The molecule has 0 aliphatic carbocycles. The highest BCUT2D eigenvalue weighted by Crippen LogP contribution is 2.22. The van der Waals surface area contributed by atoms with Gasteiger partial charge >= 0.3 is 0 Å². The maximum absolute atomic E-state index is 3.62. The van der Waals surface area contributed by atoms with E-state index in [4.69, 9.17) is 0 Å². The van der Waals surface area contributed by atoms with Crippen LogP contribution >= 0.6 is 15.9 Å². The van der Waals surface area contributed by atoms with Crippen molar-refractivity contribution in [1.82, 2.24) is 5.32 Å². The minimum atomic E-state index is 0.462. The number of halogens is 1. The predicted octanol–water partition coefficient (Wildman–Crippen LogP) is 5.12. The fourth-order valence-electron chi connectivity index (χ4n) is 2.52. The highest BCUT2D eigenvalue weighted by molar-refractivity contribution is 9.10. The van der Waals surface area contributed by atoms with Crippen LogP contribution < -0.4 is 5.32 Å². The Morgan fingerprint density at radius 2 is 1.70 bits per heavy atom. The van der Waals surface area contributed by atoms with Crippen LogP contribution in [0.3, 0.4) is 0 Å². The number of benzene rings is 2. The van der Waals surface area contributed by atoms with E-state index in [1.165, 1.54) is 28.4 Å². The Morgan fingerprint density at radius 1 is 1.00 bits per heavy atom. The third-order valence-corrected chi connectivity index (χ3v) is 4.32. The van der Waals surface area contributed by atoms with E-state index < -0.39 is 0 Å². The smallest absolute Gasteiger partial charge is 0.0320 e. The van der Waals surface area contributed by atoms with Gasteiger partial charge in [-0.25, -0.2) is 0 Å². The molecule has 1 unspecified atom stereocenters. The van der Waals surface area contributed by atoms with Crippen molar-refractivity contribution in [1.29, 1.82) is 0 Å². The summed E-state index contributed by atoms with van der Waals surface area (Å²) in [5.74, 6) is 0. The minimum absolute atomic E-state index is 0.462. The van der Waals surface area contributed by atoms with Crippen LogP contribution in [0.2, 0.25) is 0 Å². The maximum atomic E-state index is 3.62. The Hall–Kier alpha value is -1.12. The van der Waals surface area contributed by atoms with Crippen molar-refractivity contribution in [3.63, 3.8) is 0 Å². The molecule has 106 valence electrons. The zero-order chi connectivity index (χ0) is 14.2. The van der Waals surface area contributed by atoms with Gasteiger partial charge in [0.05, 0.1) is 0 Å². The number of hydrogen-bond donors (Lipinski definition) is 1. The van der Waals surface area contributed by atoms with E-state index in [1.54, 1.807) is 0 Å². The second-order valence-electron chi connectivity index (χ2n) is 5.00. The van der Waals surface area contributed by atoms with Crippen molar-refractivity contribution in [2.45, 2.75) is 32.2 Å². The lowest BCUT2D eigenvalue weighted by Gasteiger charge is -2.18. The van der Waals surface area contributed by atoms with E-state index in [-0.39, 0.29) is 0 Å². The van der Waals surface area contributed by atoms with Gasteiger partial charge in [0.2, 0.25) is 0 Å². The second kappa shape index (κ2) is 8.23. The molecule has 1 atom stereocenters. The molecule has 0 aromatic heterocycles. The van der Waals surface area contributed by atoms with Gasteiger partial charge in [-0.15, -0.1) is 0 Å². The summed E-state index contributed by atoms with van der Waals surface area (Å²) in [6.07, 6.45) is 3.48. The first-order valence-electron chi connectivity index (χ1n) is 7.33. The number of rotatable bonds is 7. The monoisotopic (exact) mass is 331 g/mol. The number of aryl methyl sites for hydroxylation is 1. The lowest BCUT2D eigenvalue weighted by molar-refractivity contribution is 0.498. The van der Waals surface area contributed by atoms with Gasteiger partial charge in [-0.1, -0.05) is 71.4 Å². The largest absolute Gasteiger partial charge is 0.310 e. The maximum Gasteiger partial charge on any atom is 0.0320 e. The van der Waals surface area contributed by atoms with Crippen molar-refractivity contribution < 1.29 is 0 Å². The van der Waals surface area contributed by atoms with Crippen LogP contribution in [0.5, 0.6) is 0 Å². The quantitative estimate of drug-likeness (QED) is 0.742. The summed E-state index contributed by atoms with van der Waals surface area (Å²) >= 11 is 3.62. The van der Waals surface area contributed by atoms with Crippen LogP contribution in [0, 0.1) is 0 Å². The van der Waals surface area contributed by atoms with Crippen LogP contribution in [-0.2, 0) is 6.42 Å². The highest BCUT2D eigenvalue weighted by atomic mass is 79.9. The van der Waals surface area contributed by atoms with Crippen molar-refractivity contribution in [2.24, 2.45) is 0 Å². The van der Waals surface area contributed by atoms with Crippen LogP contribution in [0.25, 0.3) is 0 Å². The molecule has 0 saturated carbocycles. The molecule has 0 aliphatic rings. The van der Waals surface area contributed by atoms with Gasteiger partial charge < -0.3 is 5.32 Å². The van der Waals surface area contributed by atoms with Crippen LogP contribution in [0.4, 0.5) is 0 Å². The summed E-state index contributed by atoms with van der Waals surface area (Å²) in [7, 11) is 0. The Balaban J connectivity index is 1.92. The first-order chi connectivity index (χ1) is 9.81. The van der Waals surface area contributed by atoms with Crippen molar-refractivity contribution in [3.8, 4) is 0 Å². The van der Waals surface area contributed by atoms with Crippen LogP contribution in [0.15, 0.2) is 59.1 Å². The zero-order valence-electron chi connectivity index (χ0n) is 12.0. The molecule has 0 bridgehead atoms. The molecule has 0 spiro atoms. The molecule has 1 nitrogen and oxygen atoms in total. The van der Waals surface area contributed by atoms with Gasteiger partial charge in [-0.3, -0.25) is 0 Å². The van der Waals surface area contributed by atoms with Crippen molar-refractivity contribution in [3.05, 3.63) is 70.2 Å². The van der Waals surface area contributed by atoms with E-state index in [9.17, 15) is 0 Å². The molecule has 0 heterocycles. The first kappa shape index (κ1) is 15.3. The van der Waals surface area contributed by atoms with Gasteiger partial charge in [-0.2, -0.15) is 0 Å². The lowest BCUT2D eigenvalue weighted by Crippen LogP contribution is -2.20. The Labute approximate surface area is 130 Å². The molecule has 1 N–H and O–H groups in total. The van der Waals surface area contributed by atoms with Gasteiger partial charge in [0.15, 0.2) is 0 Å². The summed E-state index contributed by atoms with van der Waals surface area (Å²) in [5, 5.41) is 3.59. The summed E-state index contributed by atoms with van der Waals surface area (Å²) in [4.78, 5) is 0. The van der Waals surface area contributed by atoms with Crippen molar-refractivity contribution >= 4 is 15.9 Å². The standard InChI is InChI=1S/C18H22BrN/c1-2-20-18(16-10-4-3-5-11-16)14-8-12-15-9-6-7-13-17(15)19/h3-7,9-11,13,18,20H,2,8,12,14H2,1H3. The molecule has 2 aromatic rings. The average Bonchev–Trinajstić information content (AvgIpc) is 2.49. The molecular formula is C18H22BrN. The molecule has 0 aliphatic heterocycles. The fourth-order valence-corrected chi connectivity index (χ4v) is 3.00. The van der Waals surface area contributed by atoms with Crippen LogP contribution in [0.1, 0.15) is 36.9 Å². The molecular weight excluding hydrogens is 310 g/mol. The molecule has 0 saturated heterocycles. The van der Waals surface area contributed by atoms with E-state index >= 15 is 0 Å². The summed E-state index contributed by atoms with van der Waals surface area (Å²) in [6, 6.07) is 19.7. The lowest BCUT2D eigenvalue weighted by atomic mass is 9.99. The third-order valence-electron chi connectivity index (χ3n) is 3.55. The van der Waals surface area contributed by atoms with Gasteiger partial charge in [0, 0.05) is 10.5 Å². The zero-order valence-corrected chi connectivity index (χ0v) is 13.6. The molecule has 0 radical (unpaired) electrons. The van der Waals surface area contributed by atoms with Gasteiger partial charge in [0.1, 0.15) is 0 Å². The predicted molar refractivity (Wildman–Crippen MR) is 89.9 cm³/mol. The molecule has 0 fully saturated rings. The minimum Gasteiger partial charge on any atom is -0.310 e. The normalized spacial score (nSPS) is 12.3. The van der Waals surface area contributed by atoms with Crippen LogP contribution in [-0.4, -0.2) is 6.54 Å². The highest BCUT2D eigenvalue weighted by Gasteiger charge is 2.09. The number of nitrogens with one attached hydrogen (secondary N) is 1. The van der Waals surface area contributed by atoms with E-state index in [1.807, 2.05) is 0 Å². The third kappa shape index (κ3) is 4.46. The molecule has 2 heteroatoms. The summed E-state index contributed by atoms with van der Waals surface area (Å²) in [5.41, 5.74) is 2.79. The summed E-state index contributed by atoms with van der Waals surface area (Å²) in [6.45, 7) is 3.18. The van der Waals surface area contributed by atoms with E-state index in [0.717, 1.165) is 13.0 Å². The topological polar surface area (TPSA) is 12.0 Å². The Kier molecular flexibility index (Phi) is 6.28. The molecule has 20 heavy (non-hydrogen) atoms. The SMILES string of the molecule is CCNC(CCCc1ccccc1Br)c1ccccc1.